The van der Waals surface area contributed by atoms with Crippen LogP contribution in [0.15, 0.2) is 0 Å². The van der Waals surface area contributed by atoms with Crippen molar-refractivity contribution < 1.29 is 48.3 Å². The van der Waals surface area contributed by atoms with Crippen molar-refractivity contribution in [2.45, 2.75) is 23.3 Å². The van der Waals surface area contributed by atoms with Gasteiger partial charge in [-0.1, -0.05) is 0 Å². The molecule has 0 fully saturated rings. The average molecular weight is 307 g/mol. The Labute approximate surface area is 112 Å². The van der Waals surface area contributed by atoms with Gasteiger partial charge in [0, 0.05) is 29.6 Å². The first-order valence-corrected chi connectivity index (χ1v) is 4.11. The third-order valence-electron chi connectivity index (χ3n) is 1.34. The molecule has 13 heteroatoms. The van der Waals surface area contributed by atoms with Crippen molar-refractivity contribution in [3.63, 3.8) is 0 Å². The molecule has 1 radical (unpaired) electrons. The van der Waals surface area contributed by atoms with E-state index < -0.39 is 34.4 Å². The molecule has 0 amide bonds. The summed E-state index contributed by atoms with van der Waals surface area (Å²) in [4.78, 5) is 0. The molecule has 99 valence electrons. The fourth-order valence-electron chi connectivity index (χ4n) is 0.470. The van der Waals surface area contributed by atoms with E-state index in [9.17, 15) is 43.7 Å². The minimum Gasteiger partial charge on any atom is -0.301 e. The van der Waals surface area contributed by atoms with Gasteiger partial charge in [0.1, 0.15) is 0 Å². The number of alkyl halides is 9. The van der Waals surface area contributed by atoms with E-state index in [1.54, 1.807) is 0 Å². The second-order valence-corrected chi connectivity index (χ2v) is 3.42. The molecule has 0 saturated heterocycles. The van der Waals surface area contributed by atoms with Crippen molar-refractivity contribution in [3.05, 3.63) is 0 Å². The number of hydrogen-bond acceptors (Lipinski definition) is 1. The fourth-order valence-corrected chi connectivity index (χ4v) is 0.818. The molecular formula is C4HF9NaO2S. The van der Waals surface area contributed by atoms with Crippen LogP contribution in [-0.4, -0.2) is 61.6 Å². The Balaban J connectivity index is 0. The van der Waals surface area contributed by atoms with Crippen LogP contribution in [0.4, 0.5) is 39.5 Å². The minimum absolute atomic E-state index is 0. The third kappa shape index (κ3) is 3.08. The molecule has 1 atom stereocenters. The monoisotopic (exact) mass is 307 g/mol. The predicted molar refractivity (Wildman–Crippen MR) is 37.4 cm³/mol. The van der Waals surface area contributed by atoms with Crippen molar-refractivity contribution >= 4 is 40.6 Å². The van der Waals surface area contributed by atoms with Crippen LogP contribution in [0.2, 0.25) is 0 Å². The van der Waals surface area contributed by atoms with E-state index in [2.05, 4.69) is 0 Å². The van der Waals surface area contributed by atoms with Gasteiger partial charge in [-0.05, 0) is 0 Å². The SMILES string of the molecule is O=S(O)C(F)(F)C(F)(F)C(F)(F)C(F)(F)F.[Na]. The van der Waals surface area contributed by atoms with Crippen LogP contribution in [0.25, 0.3) is 0 Å². The van der Waals surface area contributed by atoms with E-state index in [1.807, 2.05) is 0 Å². The molecule has 1 N–H and O–H groups in total. The smallest absolute Gasteiger partial charge is 0.301 e. The van der Waals surface area contributed by atoms with Crippen LogP contribution in [0.3, 0.4) is 0 Å². The molecule has 17 heavy (non-hydrogen) atoms. The molecular weight excluding hydrogens is 306 g/mol. The zero-order valence-corrected chi connectivity index (χ0v) is 10.5. The van der Waals surface area contributed by atoms with E-state index in [-0.39, 0.29) is 29.6 Å². The summed E-state index contributed by atoms with van der Waals surface area (Å²) in [6.07, 6.45) is -6.99. The van der Waals surface area contributed by atoms with E-state index in [0.717, 1.165) is 0 Å². The van der Waals surface area contributed by atoms with Gasteiger partial charge in [0.2, 0.25) is 11.1 Å². The molecule has 0 aromatic heterocycles. The van der Waals surface area contributed by atoms with Crippen LogP contribution in [-0.2, 0) is 11.1 Å². The second-order valence-electron chi connectivity index (χ2n) is 2.41. The van der Waals surface area contributed by atoms with Gasteiger partial charge < -0.3 is 4.55 Å². The van der Waals surface area contributed by atoms with Gasteiger partial charge in [-0.15, -0.1) is 0 Å². The van der Waals surface area contributed by atoms with Gasteiger partial charge in [0.25, 0.3) is 0 Å². The first-order valence-electron chi connectivity index (χ1n) is 3.00. The topological polar surface area (TPSA) is 37.3 Å². The Bertz CT molecular complexity index is 300. The van der Waals surface area contributed by atoms with Gasteiger partial charge in [0.05, 0.1) is 0 Å². The van der Waals surface area contributed by atoms with Gasteiger partial charge in [0.15, 0.2) is 0 Å². The zero-order valence-electron chi connectivity index (χ0n) is 7.67. The molecule has 0 aliphatic heterocycles. The van der Waals surface area contributed by atoms with Gasteiger partial charge in [-0.2, -0.15) is 39.5 Å². The molecule has 0 heterocycles. The summed E-state index contributed by atoms with van der Waals surface area (Å²) in [5.74, 6) is -14.2. The zero-order chi connectivity index (χ0) is 13.6. The first kappa shape index (κ1) is 19.8. The molecule has 0 aromatic carbocycles. The standard InChI is InChI=1S/C4HF9O2S.Na/c5-1(6,3(9,10)11)2(7,8)4(12,13)16(14)15;/h(H,14,15);. The molecule has 0 aliphatic rings. The Kier molecular flexibility index (Phi) is 6.09. The Morgan fingerprint density at radius 1 is 0.765 bits per heavy atom. The number of rotatable bonds is 3. The summed E-state index contributed by atoms with van der Waals surface area (Å²) in [6, 6.07) is 0. The maximum atomic E-state index is 12.2. The summed E-state index contributed by atoms with van der Waals surface area (Å²) in [5, 5.41) is -6.44. The predicted octanol–water partition coefficient (Wildman–Crippen LogP) is 2.25. The molecule has 0 spiro atoms. The maximum Gasteiger partial charge on any atom is 0.460 e. The second kappa shape index (κ2) is 5.23. The van der Waals surface area contributed by atoms with E-state index in [1.165, 1.54) is 0 Å². The molecule has 0 saturated carbocycles. The Hall–Kier alpha value is 0.480. The van der Waals surface area contributed by atoms with Crippen molar-refractivity contribution in [2.75, 3.05) is 0 Å². The van der Waals surface area contributed by atoms with Gasteiger partial charge in [-0.3, -0.25) is 0 Å². The average Bonchev–Trinajstić information content (AvgIpc) is 2.00. The van der Waals surface area contributed by atoms with Crippen LogP contribution < -0.4 is 0 Å². The van der Waals surface area contributed by atoms with Crippen molar-refractivity contribution in [1.29, 1.82) is 0 Å². The van der Waals surface area contributed by atoms with Gasteiger partial charge in [-0.25, -0.2) is 4.21 Å². The van der Waals surface area contributed by atoms with E-state index in [0.29, 0.717) is 0 Å². The fraction of sp³-hybridized carbons (Fsp3) is 1.00. The summed E-state index contributed by atoms with van der Waals surface area (Å²) >= 11 is -4.89. The molecule has 0 rings (SSSR count). The first-order chi connectivity index (χ1) is 6.69. The molecule has 0 bridgehead atoms. The molecule has 0 aromatic rings. The number of hydrogen-bond donors (Lipinski definition) is 1. The Morgan fingerprint density at radius 2 is 1.06 bits per heavy atom. The van der Waals surface area contributed by atoms with Crippen LogP contribution in [0.1, 0.15) is 0 Å². The summed E-state index contributed by atoms with van der Waals surface area (Å²) < 4.78 is 124. The quantitative estimate of drug-likeness (QED) is 0.493. The minimum atomic E-state index is -7.14. The van der Waals surface area contributed by atoms with Crippen molar-refractivity contribution in [1.82, 2.24) is 0 Å². The van der Waals surface area contributed by atoms with Crippen LogP contribution in [0, 0.1) is 0 Å². The number of halogens is 9. The summed E-state index contributed by atoms with van der Waals surface area (Å²) in [6.45, 7) is 0. The maximum absolute atomic E-state index is 12.2. The molecule has 0 aliphatic carbocycles. The Morgan fingerprint density at radius 3 is 1.24 bits per heavy atom. The summed E-state index contributed by atoms with van der Waals surface area (Å²) in [5.41, 5.74) is 0. The molecule has 2 nitrogen and oxygen atoms in total. The largest absolute Gasteiger partial charge is 0.460 e. The van der Waals surface area contributed by atoms with Gasteiger partial charge >= 0.3 is 23.3 Å². The van der Waals surface area contributed by atoms with Crippen molar-refractivity contribution in [2.24, 2.45) is 0 Å². The van der Waals surface area contributed by atoms with E-state index in [4.69, 9.17) is 4.55 Å². The normalized spacial score (nSPS) is 16.4. The van der Waals surface area contributed by atoms with E-state index >= 15 is 0 Å². The van der Waals surface area contributed by atoms with Crippen molar-refractivity contribution in [3.8, 4) is 0 Å². The third-order valence-corrected chi connectivity index (χ3v) is 2.03. The van der Waals surface area contributed by atoms with Crippen LogP contribution >= 0.6 is 0 Å². The van der Waals surface area contributed by atoms with Crippen LogP contribution in [0.5, 0.6) is 0 Å². The summed E-state index contributed by atoms with van der Waals surface area (Å²) in [7, 11) is 0. The molecule has 1 unspecified atom stereocenters.